The second-order valence-electron chi connectivity index (χ2n) is 5.97. The molecule has 1 fully saturated rings. The molecule has 2 unspecified atom stereocenters. The largest absolute Gasteiger partial charge is 0.418 e. The van der Waals surface area contributed by atoms with Gasteiger partial charge in [0.2, 0.25) is 0 Å². The average molecular weight is 366 g/mol. The van der Waals surface area contributed by atoms with E-state index in [0.717, 1.165) is 18.9 Å². The Labute approximate surface area is 130 Å². The summed E-state index contributed by atoms with van der Waals surface area (Å²) in [5.41, 5.74) is -1.63. The Morgan fingerprint density at radius 1 is 1.43 bits per heavy atom. The third-order valence-electron chi connectivity index (χ3n) is 3.96. The maximum absolute atomic E-state index is 13.0. The molecule has 1 saturated carbocycles. The Bertz CT molecular complexity index is 506. The van der Waals surface area contributed by atoms with Crippen LogP contribution in [0.25, 0.3) is 0 Å². The highest BCUT2D eigenvalue weighted by Gasteiger charge is 2.36. The predicted octanol–water partition coefficient (Wildman–Crippen LogP) is 4.82. The van der Waals surface area contributed by atoms with Crippen molar-refractivity contribution in [1.82, 2.24) is 0 Å². The number of alkyl halides is 3. The lowest BCUT2D eigenvalue weighted by Crippen LogP contribution is -2.41. The van der Waals surface area contributed by atoms with E-state index in [9.17, 15) is 18.3 Å². The van der Waals surface area contributed by atoms with Crippen LogP contribution in [-0.2, 0) is 6.18 Å². The first-order valence-electron chi connectivity index (χ1n) is 7.03. The van der Waals surface area contributed by atoms with Crippen LogP contribution in [0.5, 0.6) is 0 Å². The van der Waals surface area contributed by atoms with E-state index in [1.807, 2.05) is 0 Å². The molecule has 1 aliphatic rings. The highest BCUT2D eigenvalue weighted by atomic mass is 79.9. The van der Waals surface area contributed by atoms with E-state index >= 15 is 0 Å². The van der Waals surface area contributed by atoms with E-state index in [2.05, 4.69) is 28.2 Å². The lowest BCUT2D eigenvalue weighted by Gasteiger charge is -2.36. The summed E-state index contributed by atoms with van der Waals surface area (Å²) in [5, 5.41) is 13.3. The second-order valence-corrected chi connectivity index (χ2v) is 6.88. The molecule has 0 bridgehead atoms. The monoisotopic (exact) mass is 365 g/mol. The van der Waals surface area contributed by atoms with Gasteiger partial charge in [-0.3, -0.25) is 0 Å². The molecule has 2 N–H and O–H groups in total. The van der Waals surface area contributed by atoms with Gasteiger partial charge in [0.05, 0.1) is 11.2 Å². The summed E-state index contributed by atoms with van der Waals surface area (Å²) >= 11 is 3.18. The molecule has 0 saturated heterocycles. The van der Waals surface area contributed by atoms with Crippen molar-refractivity contribution in [2.45, 2.75) is 44.4 Å². The molecular weight excluding hydrogens is 347 g/mol. The van der Waals surface area contributed by atoms with Crippen molar-refractivity contribution in [1.29, 1.82) is 0 Å². The molecule has 0 aromatic heterocycles. The molecule has 2 rings (SSSR count). The molecule has 0 amide bonds. The van der Waals surface area contributed by atoms with Gasteiger partial charge in [-0.25, -0.2) is 0 Å². The molecule has 0 heterocycles. The van der Waals surface area contributed by atoms with E-state index in [1.54, 1.807) is 0 Å². The van der Waals surface area contributed by atoms with Crippen LogP contribution in [0.2, 0.25) is 0 Å². The van der Waals surface area contributed by atoms with Gasteiger partial charge < -0.3 is 10.4 Å². The third kappa shape index (κ3) is 4.36. The Morgan fingerprint density at radius 2 is 2.14 bits per heavy atom. The molecule has 0 radical (unpaired) electrons. The fourth-order valence-corrected chi connectivity index (χ4v) is 3.32. The maximum Gasteiger partial charge on any atom is 0.418 e. The van der Waals surface area contributed by atoms with Crippen molar-refractivity contribution in [2.75, 3.05) is 11.9 Å². The summed E-state index contributed by atoms with van der Waals surface area (Å²) in [6, 6.07) is 3.81. The Kier molecular flexibility index (Phi) is 4.88. The van der Waals surface area contributed by atoms with Crippen molar-refractivity contribution in [3.05, 3.63) is 28.2 Å². The topological polar surface area (TPSA) is 32.3 Å². The zero-order valence-corrected chi connectivity index (χ0v) is 13.4. The van der Waals surface area contributed by atoms with Gasteiger partial charge in [-0.05, 0) is 37.0 Å². The van der Waals surface area contributed by atoms with Crippen LogP contribution in [0.3, 0.4) is 0 Å². The fourth-order valence-electron chi connectivity index (χ4n) is 2.96. The van der Waals surface area contributed by atoms with E-state index in [1.165, 1.54) is 12.1 Å². The number of hydrogen-bond acceptors (Lipinski definition) is 2. The van der Waals surface area contributed by atoms with Crippen molar-refractivity contribution >= 4 is 21.6 Å². The lowest BCUT2D eigenvalue weighted by molar-refractivity contribution is -0.137. The van der Waals surface area contributed by atoms with Crippen LogP contribution in [-0.4, -0.2) is 17.3 Å². The van der Waals surface area contributed by atoms with Gasteiger partial charge in [0.1, 0.15) is 0 Å². The zero-order valence-electron chi connectivity index (χ0n) is 11.8. The van der Waals surface area contributed by atoms with Gasteiger partial charge in [-0.1, -0.05) is 35.7 Å². The molecule has 0 aliphatic heterocycles. The molecule has 1 aliphatic carbocycles. The van der Waals surface area contributed by atoms with E-state index < -0.39 is 17.3 Å². The maximum atomic E-state index is 13.0. The molecule has 118 valence electrons. The van der Waals surface area contributed by atoms with Gasteiger partial charge in [-0.2, -0.15) is 13.2 Å². The standard InChI is InChI=1S/C15H19BrF3NO/c1-10-3-2-6-14(21,8-10)9-20-13-7-11(16)4-5-12(13)15(17,18)19/h4-5,7,10,20-21H,2-3,6,8-9H2,1H3. The van der Waals surface area contributed by atoms with Crippen LogP contribution in [0.1, 0.15) is 38.2 Å². The van der Waals surface area contributed by atoms with Crippen molar-refractivity contribution in [3.63, 3.8) is 0 Å². The lowest BCUT2D eigenvalue weighted by atomic mass is 9.79. The van der Waals surface area contributed by atoms with Gasteiger partial charge in [0, 0.05) is 16.7 Å². The Morgan fingerprint density at radius 3 is 2.76 bits per heavy atom. The third-order valence-corrected chi connectivity index (χ3v) is 4.46. The van der Waals surface area contributed by atoms with Gasteiger partial charge in [0.15, 0.2) is 0 Å². The van der Waals surface area contributed by atoms with Crippen molar-refractivity contribution in [3.8, 4) is 0 Å². The van der Waals surface area contributed by atoms with Gasteiger partial charge >= 0.3 is 6.18 Å². The smallest absolute Gasteiger partial charge is 0.388 e. The number of halogens is 4. The molecular formula is C15H19BrF3NO. The minimum absolute atomic E-state index is 0.00327. The number of nitrogens with one attached hydrogen (secondary N) is 1. The van der Waals surface area contributed by atoms with E-state index in [0.29, 0.717) is 23.2 Å². The molecule has 0 spiro atoms. The van der Waals surface area contributed by atoms with Crippen molar-refractivity contribution < 1.29 is 18.3 Å². The fraction of sp³-hybridized carbons (Fsp3) is 0.600. The second kappa shape index (κ2) is 6.16. The summed E-state index contributed by atoms with van der Waals surface area (Å²) in [5.74, 6) is 0.398. The summed E-state index contributed by atoms with van der Waals surface area (Å²) in [6.45, 7) is 2.20. The quantitative estimate of drug-likeness (QED) is 0.804. The first-order valence-corrected chi connectivity index (χ1v) is 7.82. The number of benzene rings is 1. The minimum atomic E-state index is -4.41. The Balaban J connectivity index is 2.14. The van der Waals surface area contributed by atoms with Gasteiger partial charge in [-0.15, -0.1) is 0 Å². The van der Waals surface area contributed by atoms with Crippen molar-refractivity contribution in [2.24, 2.45) is 5.92 Å². The molecule has 2 atom stereocenters. The van der Waals surface area contributed by atoms with Gasteiger partial charge in [0.25, 0.3) is 0 Å². The van der Waals surface area contributed by atoms with E-state index in [-0.39, 0.29) is 12.2 Å². The van der Waals surface area contributed by atoms with Crippen LogP contribution < -0.4 is 5.32 Å². The SMILES string of the molecule is CC1CCCC(O)(CNc2cc(Br)ccc2C(F)(F)F)C1. The highest BCUT2D eigenvalue weighted by molar-refractivity contribution is 9.10. The Hall–Kier alpha value is -0.750. The predicted molar refractivity (Wildman–Crippen MR) is 80.2 cm³/mol. The molecule has 1 aromatic carbocycles. The first-order chi connectivity index (χ1) is 9.70. The molecule has 1 aromatic rings. The zero-order chi connectivity index (χ0) is 15.7. The van der Waals surface area contributed by atoms with Crippen LogP contribution in [0, 0.1) is 5.92 Å². The first kappa shape index (κ1) is 16.6. The van der Waals surface area contributed by atoms with Crippen LogP contribution >= 0.6 is 15.9 Å². The van der Waals surface area contributed by atoms with Crippen LogP contribution in [0.15, 0.2) is 22.7 Å². The van der Waals surface area contributed by atoms with E-state index in [4.69, 9.17) is 0 Å². The number of hydrogen-bond donors (Lipinski definition) is 2. The minimum Gasteiger partial charge on any atom is -0.388 e. The van der Waals surface area contributed by atoms with Crippen LogP contribution in [0.4, 0.5) is 18.9 Å². The number of rotatable bonds is 3. The number of anilines is 1. The molecule has 21 heavy (non-hydrogen) atoms. The highest BCUT2D eigenvalue weighted by Crippen LogP contribution is 2.37. The average Bonchev–Trinajstić information content (AvgIpc) is 2.35. The summed E-state index contributed by atoms with van der Waals surface area (Å²) in [6.07, 6.45) is -1.20. The molecule has 2 nitrogen and oxygen atoms in total. The summed E-state index contributed by atoms with van der Waals surface area (Å²) in [4.78, 5) is 0. The molecule has 6 heteroatoms. The summed E-state index contributed by atoms with van der Waals surface area (Å²) < 4.78 is 39.5. The normalized spacial score (nSPS) is 26.7. The summed E-state index contributed by atoms with van der Waals surface area (Å²) in [7, 11) is 0. The number of aliphatic hydroxyl groups is 1.